The maximum atomic E-state index is 8.61. The maximum absolute atomic E-state index is 8.61. The third-order valence-electron chi connectivity index (χ3n) is 1.07. The van der Waals surface area contributed by atoms with Gasteiger partial charge in [0.2, 0.25) is 0 Å². The van der Waals surface area contributed by atoms with Crippen LogP contribution >= 0.6 is 0 Å². The molecule has 0 heterocycles. The second-order valence-corrected chi connectivity index (χ2v) is 2.24. The first-order valence-corrected chi connectivity index (χ1v) is 4.90. The summed E-state index contributed by atoms with van der Waals surface area (Å²) in [6.45, 7) is 0.566. The summed E-state index contributed by atoms with van der Waals surface area (Å²) in [5, 5.41) is 16.6. The molecule has 67 valence electrons. The Morgan fingerprint density at radius 1 is 0.909 bits per heavy atom. The van der Waals surface area contributed by atoms with Gasteiger partial charge in [0.15, 0.2) is 0 Å². The Bertz CT molecular complexity index is 63.6. The van der Waals surface area contributed by atoms with Crippen molar-refractivity contribution in [2.45, 2.75) is 25.7 Å². The molecule has 0 aliphatic carbocycles. The topological polar surface area (TPSA) is 77.8 Å². The third-order valence-corrected chi connectivity index (χ3v) is 1.07. The van der Waals surface area contributed by atoms with Crippen molar-refractivity contribution in [3.63, 3.8) is 0 Å². The summed E-state index contributed by atoms with van der Waals surface area (Å²) in [6, 6.07) is 0. The average Bonchev–Trinajstić information content (AvgIpc) is 2.00. The summed E-state index contributed by atoms with van der Waals surface area (Å²) in [5.41, 5.74) is 0. The van der Waals surface area contributed by atoms with Crippen molar-refractivity contribution in [3.8, 4) is 0 Å². The van der Waals surface area contributed by atoms with Crippen molar-refractivity contribution in [1.29, 1.82) is 0 Å². The minimum absolute atomic E-state index is 0.283. The predicted molar refractivity (Wildman–Crippen MR) is 35.5 cm³/mol. The van der Waals surface area contributed by atoms with Crippen molar-refractivity contribution in [2.75, 3.05) is 13.2 Å². The standard InChI is InChI=1S/C6H14O2.H2O.O.Ti/c7-5-3-1-2-4-6-8;;;/h7-8H,1-6H2;1H2;;/q;;;+1/p-1. The van der Waals surface area contributed by atoms with Crippen LogP contribution in [0.15, 0.2) is 0 Å². The molecule has 0 fully saturated rings. The number of hydrogen-bond acceptors (Lipinski definition) is 3. The Morgan fingerprint density at radius 2 is 1.18 bits per heavy atom. The summed E-state index contributed by atoms with van der Waals surface area (Å²) in [4.78, 5) is 0. The van der Waals surface area contributed by atoms with Gasteiger partial charge in [0.05, 0.1) is 0 Å². The van der Waals surface area contributed by atoms with Crippen LogP contribution in [0, 0.1) is 0 Å². The van der Waals surface area contributed by atoms with E-state index in [-0.39, 0.29) is 13.2 Å². The molecule has 11 heavy (non-hydrogen) atoms. The summed E-state index contributed by atoms with van der Waals surface area (Å²) in [7, 11) is 0. The molecule has 0 aromatic carbocycles. The number of rotatable bonds is 5. The van der Waals surface area contributed by atoms with E-state index < -0.39 is 19.5 Å². The van der Waals surface area contributed by atoms with Gasteiger partial charge in [-0.25, -0.2) is 0 Å². The molecule has 0 saturated carbocycles. The molecule has 3 N–H and O–H groups in total. The molecule has 0 aliphatic heterocycles. The molecule has 0 unspecified atom stereocenters. The first kappa shape index (κ1) is 13.9. The summed E-state index contributed by atoms with van der Waals surface area (Å²) < 4.78 is 15.8. The van der Waals surface area contributed by atoms with Crippen LogP contribution in [-0.2, 0) is 22.8 Å². The molecule has 0 spiro atoms. The van der Waals surface area contributed by atoms with Crippen molar-refractivity contribution >= 4 is 0 Å². The Hall–Kier alpha value is 0.394. The second-order valence-electron chi connectivity index (χ2n) is 1.95. The van der Waals surface area contributed by atoms with E-state index in [1.165, 1.54) is 0 Å². The van der Waals surface area contributed by atoms with E-state index in [9.17, 15) is 0 Å². The molecule has 0 bridgehead atoms. The van der Waals surface area contributed by atoms with Crippen molar-refractivity contribution in [1.82, 2.24) is 0 Å². The van der Waals surface area contributed by atoms with Gasteiger partial charge in [-0.3, -0.25) is 0 Å². The Morgan fingerprint density at radius 3 is 1.36 bits per heavy atom. The van der Waals surface area contributed by atoms with E-state index in [2.05, 4.69) is 0 Å². The molecule has 5 heteroatoms. The van der Waals surface area contributed by atoms with Gasteiger partial charge in [0.1, 0.15) is 0 Å². The molecule has 0 aromatic heterocycles. The van der Waals surface area contributed by atoms with Gasteiger partial charge in [0, 0.05) is 13.2 Å². The van der Waals surface area contributed by atoms with E-state index >= 15 is 0 Å². The van der Waals surface area contributed by atoms with Gasteiger partial charge >= 0.3 is 26.5 Å². The van der Waals surface area contributed by atoms with Crippen LogP contribution < -0.4 is 0 Å². The van der Waals surface area contributed by atoms with Gasteiger partial charge in [-0.15, -0.1) is 0 Å². The monoisotopic (exact) mass is 199 g/mol. The van der Waals surface area contributed by atoms with Gasteiger partial charge in [0.25, 0.3) is 0 Å². The number of unbranched alkanes of at least 4 members (excludes halogenated alkanes) is 3. The Kier molecular flexibility index (Phi) is 21.3. The van der Waals surface area contributed by atoms with Crippen LogP contribution in [0.1, 0.15) is 25.7 Å². The van der Waals surface area contributed by atoms with Gasteiger partial charge < -0.3 is 10.2 Å². The third kappa shape index (κ3) is 25.2. The quantitative estimate of drug-likeness (QED) is 0.425. The van der Waals surface area contributed by atoms with Crippen LogP contribution in [-0.4, -0.2) is 27.1 Å². The van der Waals surface area contributed by atoms with Gasteiger partial charge in [-0.2, -0.15) is 0 Å². The summed E-state index contributed by atoms with van der Waals surface area (Å²) in [5.74, 6) is 0. The molecule has 0 saturated heterocycles. The Balaban J connectivity index is 0. The van der Waals surface area contributed by atoms with E-state index in [1.807, 2.05) is 0 Å². The number of hydrogen-bond donors (Lipinski definition) is 3. The first-order chi connectivity index (χ1) is 5.33. The van der Waals surface area contributed by atoms with E-state index in [4.69, 9.17) is 17.2 Å². The molecule has 4 nitrogen and oxygen atoms in total. The molecule has 0 aliphatic rings. The fourth-order valence-corrected chi connectivity index (χ4v) is 0.577. The van der Waals surface area contributed by atoms with Crippen LogP contribution in [0.25, 0.3) is 0 Å². The molecule has 0 atom stereocenters. The van der Waals surface area contributed by atoms with E-state index in [1.54, 1.807) is 0 Å². The SMILES string of the molecule is OCCCCCCO.[O]=[Ti][OH]. The van der Waals surface area contributed by atoms with Crippen LogP contribution in [0.2, 0.25) is 0 Å². The zero-order chi connectivity index (χ0) is 8.95. The van der Waals surface area contributed by atoms with Crippen LogP contribution in [0.5, 0.6) is 0 Å². The van der Waals surface area contributed by atoms with E-state index in [0.717, 1.165) is 25.7 Å². The fraction of sp³-hybridized carbons (Fsp3) is 1.00. The molecule has 0 radical (unpaired) electrons. The minimum atomic E-state index is -1.75. The Labute approximate surface area is 76.0 Å². The normalized spacial score (nSPS) is 7.91. The van der Waals surface area contributed by atoms with E-state index in [0.29, 0.717) is 0 Å². The molecule has 0 aromatic rings. The summed E-state index contributed by atoms with van der Waals surface area (Å²) in [6.07, 6.45) is 3.83. The fourth-order valence-electron chi connectivity index (χ4n) is 0.577. The molecular weight excluding hydrogens is 184 g/mol. The first-order valence-electron chi connectivity index (χ1n) is 3.56. The van der Waals surface area contributed by atoms with Crippen molar-refractivity contribution < 1.29 is 36.7 Å². The predicted octanol–water partition coefficient (Wildman–Crippen LogP) is -0.147. The second kappa shape index (κ2) is 16.8. The molecule has 0 rings (SSSR count). The zero-order valence-electron chi connectivity index (χ0n) is 6.49. The van der Waals surface area contributed by atoms with Gasteiger partial charge in [-0.05, 0) is 12.8 Å². The molecule has 0 amide bonds. The van der Waals surface area contributed by atoms with Crippen LogP contribution in [0.3, 0.4) is 0 Å². The molecular formula is C6H15O4Ti. The number of aliphatic hydroxyl groups excluding tert-OH is 2. The zero-order valence-corrected chi connectivity index (χ0v) is 8.05. The van der Waals surface area contributed by atoms with Gasteiger partial charge in [-0.1, -0.05) is 12.8 Å². The average molecular weight is 199 g/mol. The van der Waals surface area contributed by atoms with Crippen LogP contribution in [0.4, 0.5) is 0 Å². The van der Waals surface area contributed by atoms with Crippen molar-refractivity contribution in [2.24, 2.45) is 0 Å². The van der Waals surface area contributed by atoms with Crippen molar-refractivity contribution in [3.05, 3.63) is 0 Å². The number of aliphatic hydroxyl groups is 2. The summed E-state index contributed by atoms with van der Waals surface area (Å²) >= 11 is -1.75.